The van der Waals surface area contributed by atoms with Gasteiger partial charge in [-0.1, -0.05) is 25.7 Å². The van der Waals surface area contributed by atoms with Crippen molar-refractivity contribution in [3.05, 3.63) is 6.42 Å². The summed E-state index contributed by atoms with van der Waals surface area (Å²) in [5.41, 5.74) is 0. The van der Waals surface area contributed by atoms with Crippen LogP contribution >= 0.6 is 0 Å². The fourth-order valence-electron chi connectivity index (χ4n) is 1.91. The summed E-state index contributed by atoms with van der Waals surface area (Å²) >= 11 is 0. The van der Waals surface area contributed by atoms with Gasteiger partial charge in [0.2, 0.25) is 0 Å². The molecule has 0 spiro atoms. The van der Waals surface area contributed by atoms with E-state index in [1.54, 1.807) is 0 Å². The molecule has 0 aromatic carbocycles. The Balaban J connectivity index is 2.12. The molecule has 0 unspecified atom stereocenters. The molecule has 0 heterocycles. The molecule has 0 aromatic heterocycles. The summed E-state index contributed by atoms with van der Waals surface area (Å²) in [5.74, 6) is 2.09. The third-order valence-corrected chi connectivity index (χ3v) is 2.36. The number of hydrogen-bond donors (Lipinski definition) is 0. The normalized spacial score (nSPS) is 48.0. The minimum absolute atomic E-state index is 1.05. The summed E-state index contributed by atoms with van der Waals surface area (Å²) < 4.78 is 0. The minimum atomic E-state index is 1.05. The third kappa shape index (κ3) is 0.490. The summed E-state index contributed by atoms with van der Waals surface area (Å²) in [5, 5.41) is 0. The van der Waals surface area contributed by atoms with E-state index in [0.717, 1.165) is 11.8 Å². The summed E-state index contributed by atoms with van der Waals surface area (Å²) in [6.07, 6.45) is 8.57. The maximum atomic E-state index is 2.56. The van der Waals surface area contributed by atoms with Crippen molar-refractivity contribution in [3.63, 3.8) is 0 Å². The standard InChI is InChI=1S/C7H11/c1-2-7-4-3-6(1)5-7/h5-7H,1-4H2/q-1. The Kier molecular flexibility index (Phi) is 0.697. The smallest absolute Gasteiger partial charge is 0.0799 e. The Morgan fingerprint density at radius 2 is 1.29 bits per heavy atom. The summed E-state index contributed by atoms with van der Waals surface area (Å²) in [6.45, 7) is 0. The van der Waals surface area contributed by atoms with Gasteiger partial charge in [-0.3, -0.25) is 0 Å². The minimum Gasteiger partial charge on any atom is -0.322 e. The van der Waals surface area contributed by atoms with E-state index in [1.165, 1.54) is 25.7 Å². The van der Waals surface area contributed by atoms with Crippen molar-refractivity contribution in [1.29, 1.82) is 0 Å². The fraction of sp³-hybridized carbons (Fsp3) is 0.857. The molecule has 0 radical (unpaired) electrons. The molecule has 0 nitrogen and oxygen atoms in total. The Bertz CT molecular complexity index is 58.1. The van der Waals surface area contributed by atoms with E-state index in [9.17, 15) is 0 Å². The van der Waals surface area contributed by atoms with Crippen LogP contribution in [0.5, 0.6) is 0 Å². The highest BCUT2D eigenvalue weighted by molar-refractivity contribution is 4.97. The average Bonchev–Trinajstić information content (AvgIpc) is 2.22. The van der Waals surface area contributed by atoms with Crippen LogP contribution in [0.4, 0.5) is 0 Å². The Morgan fingerprint density at radius 1 is 0.857 bits per heavy atom. The quantitative estimate of drug-likeness (QED) is 0.404. The highest BCUT2D eigenvalue weighted by atomic mass is 14.4. The topological polar surface area (TPSA) is 0 Å². The van der Waals surface area contributed by atoms with Gasteiger partial charge in [0, 0.05) is 0 Å². The molecule has 0 aliphatic heterocycles. The highest BCUT2D eigenvalue weighted by Crippen LogP contribution is 2.42. The fourth-order valence-corrected chi connectivity index (χ4v) is 1.91. The maximum Gasteiger partial charge on any atom is -0.0799 e. The molecule has 0 saturated heterocycles. The Morgan fingerprint density at radius 3 is 1.43 bits per heavy atom. The largest absolute Gasteiger partial charge is 0.322 e. The van der Waals surface area contributed by atoms with Crippen LogP contribution in [0.1, 0.15) is 25.7 Å². The van der Waals surface area contributed by atoms with Crippen molar-refractivity contribution in [2.24, 2.45) is 11.8 Å². The summed E-state index contributed by atoms with van der Waals surface area (Å²) in [6, 6.07) is 0. The molecule has 2 aliphatic rings. The second-order valence-electron chi connectivity index (χ2n) is 2.87. The van der Waals surface area contributed by atoms with Crippen LogP contribution in [-0.2, 0) is 0 Å². The SMILES string of the molecule is [CH-]1C2CCC1CC2. The van der Waals surface area contributed by atoms with Gasteiger partial charge in [-0.05, 0) is 0 Å². The van der Waals surface area contributed by atoms with E-state index in [2.05, 4.69) is 6.42 Å². The molecule has 7 heavy (non-hydrogen) atoms. The first-order valence-corrected chi connectivity index (χ1v) is 3.30. The molecular weight excluding hydrogens is 84.1 g/mol. The van der Waals surface area contributed by atoms with Crippen molar-refractivity contribution in [1.82, 2.24) is 0 Å². The molecule has 2 aliphatic carbocycles. The molecular formula is C7H11-. The monoisotopic (exact) mass is 95.1 g/mol. The molecule has 0 amide bonds. The van der Waals surface area contributed by atoms with E-state index < -0.39 is 0 Å². The van der Waals surface area contributed by atoms with Gasteiger partial charge in [-0.25, -0.2) is 0 Å². The van der Waals surface area contributed by atoms with Gasteiger partial charge in [-0.15, -0.1) is 0 Å². The van der Waals surface area contributed by atoms with Gasteiger partial charge < -0.3 is 6.42 Å². The highest BCUT2D eigenvalue weighted by Gasteiger charge is 2.20. The molecule has 2 fully saturated rings. The van der Waals surface area contributed by atoms with Gasteiger partial charge in [0.05, 0.1) is 0 Å². The first-order chi connectivity index (χ1) is 3.45. The van der Waals surface area contributed by atoms with Crippen LogP contribution < -0.4 is 0 Å². The maximum absolute atomic E-state index is 2.56. The number of fused-ring (bicyclic) bond motifs is 2. The van der Waals surface area contributed by atoms with Gasteiger partial charge in [0.25, 0.3) is 0 Å². The first-order valence-electron chi connectivity index (χ1n) is 3.30. The van der Waals surface area contributed by atoms with Crippen LogP contribution in [0, 0.1) is 18.3 Å². The van der Waals surface area contributed by atoms with E-state index in [0.29, 0.717) is 0 Å². The van der Waals surface area contributed by atoms with Gasteiger partial charge in [0.1, 0.15) is 0 Å². The van der Waals surface area contributed by atoms with Gasteiger partial charge >= 0.3 is 0 Å². The van der Waals surface area contributed by atoms with Gasteiger partial charge in [-0.2, -0.15) is 11.8 Å². The molecule has 40 valence electrons. The van der Waals surface area contributed by atoms with Crippen LogP contribution in [0.25, 0.3) is 0 Å². The molecule has 0 heteroatoms. The van der Waals surface area contributed by atoms with Crippen molar-refractivity contribution in [2.45, 2.75) is 25.7 Å². The number of hydrogen-bond acceptors (Lipinski definition) is 0. The van der Waals surface area contributed by atoms with Gasteiger partial charge in [0.15, 0.2) is 0 Å². The lowest BCUT2D eigenvalue weighted by atomic mass is 10.0. The van der Waals surface area contributed by atoms with E-state index in [-0.39, 0.29) is 0 Å². The van der Waals surface area contributed by atoms with E-state index >= 15 is 0 Å². The lowest BCUT2D eigenvalue weighted by Crippen LogP contribution is -1.90. The molecule has 2 rings (SSSR count). The van der Waals surface area contributed by atoms with Crippen molar-refractivity contribution >= 4 is 0 Å². The van der Waals surface area contributed by atoms with Crippen molar-refractivity contribution in [2.75, 3.05) is 0 Å². The zero-order valence-electron chi connectivity index (χ0n) is 4.56. The lowest BCUT2D eigenvalue weighted by Gasteiger charge is -2.11. The molecule has 0 aromatic rings. The number of rotatable bonds is 0. The van der Waals surface area contributed by atoms with Crippen molar-refractivity contribution < 1.29 is 0 Å². The Labute approximate surface area is 44.9 Å². The molecule has 0 atom stereocenters. The van der Waals surface area contributed by atoms with Crippen LogP contribution in [0.15, 0.2) is 0 Å². The van der Waals surface area contributed by atoms with E-state index in [4.69, 9.17) is 0 Å². The summed E-state index contributed by atoms with van der Waals surface area (Å²) in [7, 11) is 0. The predicted molar refractivity (Wildman–Crippen MR) is 29.7 cm³/mol. The first kappa shape index (κ1) is 3.94. The average molecular weight is 95.2 g/mol. The zero-order chi connectivity index (χ0) is 4.69. The van der Waals surface area contributed by atoms with Crippen molar-refractivity contribution in [3.8, 4) is 0 Å². The second-order valence-corrected chi connectivity index (χ2v) is 2.87. The van der Waals surface area contributed by atoms with Crippen LogP contribution in [-0.4, -0.2) is 0 Å². The van der Waals surface area contributed by atoms with E-state index in [1.807, 2.05) is 0 Å². The van der Waals surface area contributed by atoms with Crippen LogP contribution in [0.2, 0.25) is 0 Å². The zero-order valence-corrected chi connectivity index (χ0v) is 4.56. The Hall–Kier alpha value is 0. The molecule has 2 bridgehead atoms. The lowest BCUT2D eigenvalue weighted by molar-refractivity contribution is 0.480. The molecule has 0 N–H and O–H groups in total. The third-order valence-electron chi connectivity index (χ3n) is 2.36. The summed E-state index contributed by atoms with van der Waals surface area (Å²) in [4.78, 5) is 0. The predicted octanol–water partition coefficient (Wildman–Crippen LogP) is 2.01. The van der Waals surface area contributed by atoms with Crippen LogP contribution in [0.3, 0.4) is 0 Å². The second kappa shape index (κ2) is 1.24. The molecule has 2 saturated carbocycles.